The first-order valence-corrected chi connectivity index (χ1v) is 4.93. The van der Waals surface area contributed by atoms with Crippen molar-refractivity contribution in [3.8, 4) is 0 Å². The number of hydrogen-bond donors (Lipinski definition) is 0. The minimum Gasteiger partial charge on any atom is -0.112 e. The Morgan fingerprint density at radius 1 is 1.00 bits per heavy atom. The van der Waals surface area contributed by atoms with Gasteiger partial charge in [-0.15, -0.1) is 23.5 Å². The fourth-order valence-corrected chi connectivity index (χ4v) is 2.87. The molecule has 0 aromatic rings. The molecule has 0 aromatic carbocycles. The van der Waals surface area contributed by atoms with Crippen molar-refractivity contribution in [3.05, 3.63) is 0 Å². The van der Waals surface area contributed by atoms with Gasteiger partial charge in [0.25, 0.3) is 0 Å². The molecule has 0 saturated carbocycles. The zero-order valence-electron chi connectivity index (χ0n) is 4.05. The standard InChI is InChI=1S/C4H4S4/c5-3-4(6)8-2-1-7-3/h1-2H2. The molecule has 0 spiro atoms. The average Bonchev–Trinajstić information content (AvgIpc) is 1.77. The second-order valence-corrected chi connectivity index (χ2v) is 4.82. The lowest BCUT2D eigenvalue weighted by Gasteiger charge is -2.09. The summed E-state index contributed by atoms with van der Waals surface area (Å²) in [7, 11) is 0. The molecule has 8 heavy (non-hydrogen) atoms. The number of thiocarbonyl (C=S) groups is 2. The average molecular weight is 180 g/mol. The van der Waals surface area contributed by atoms with Gasteiger partial charge in [-0.3, -0.25) is 0 Å². The zero-order chi connectivity index (χ0) is 5.98. The predicted molar refractivity (Wildman–Crippen MR) is 50.1 cm³/mol. The molecular weight excluding hydrogens is 176 g/mol. The zero-order valence-corrected chi connectivity index (χ0v) is 7.31. The van der Waals surface area contributed by atoms with Crippen LogP contribution in [0.5, 0.6) is 0 Å². The van der Waals surface area contributed by atoms with E-state index in [0.29, 0.717) is 0 Å². The summed E-state index contributed by atoms with van der Waals surface area (Å²) in [5.41, 5.74) is 0. The van der Waals surface area contributed by atoms with E-state index in [2.05, 4.69) is 0 Å². The van der Waals surface area contributed by atoms with Gasteiger partial charge in [0.2, 0.25) is 0 Å². The maximum Gasteiger partial charge on any atom is 0.0951 e. The highest BCUT2D eigenvalue weighted by Crippen LogP contribution is 2.21. The summed E-state index contributed by atoms with van der Waals surface area (Å²) in [6.45, 7) is 0. The summed E-state index contributed by atoms with van der Waals surface area (Å²) in [4.78, 5) is 0. The van der Waals surface area contributed by atoms with E-state index >= 15 is 0 Å². The van der Waals surface area contributed by atoms with Crippen molar-refractivity contribution < 1.29 is 0 Å². The Hall–Kier alpha value is 0.880. The SMILES string of the molecule is S=C1SCCSC1=S. The Bertz CT molecular complexity index is 112. The van der Waals surface area contributed by atoms with Crippen LogP contribution in [0.1, 0.15) is 0 Å². The Labute approximate surface area is 67.8 Å². The fourth-order valence-electron chi connectivity index (χ4n) is 0.387. The van der Waals surface area contributed by atoms with E-state index in [1.165, 1.54) is 0 Å². The molecule has 0 bridgehead atoms. The lowest BCUT2D eigenvalue weighted by molar-refractivity contribution is 1.57. The molecule has 1 fully saturated rings. The lowest BCUT2D eigenvalue weighted by atomic mass is 10.9. The van der Waals surface area contributed by atoms with E-state index in [1.807, 2.05) is 0 Å². The number of rotatable bonds is 0. The molecule has 1 heterocycles. The van der Waals surface area contributed by atoms with E-state index in [9.17, 15) is 0 Å². The highest BCUT2D eigenvalue weighted by atomic mass is 32.2. The third-order valence-electron chi connectivity index (χ3n) is 0.716. The molecule has 1 aliphatic heterocycles. The molecule has 0 aliphatic carbocycles. The van der Waals surface area contributed by atoms with Crippen LogP contribution in [0.15, 0.2) is 0 Å². The van der Waals surface area contributed by atoms with Crippen molar-refractivity contribution >= 4 is 56.4 Å². The molecule has 4 heteroatoms. The van der Waals surface area contributed by atoms with Crippen molar-refractivity contribution in [2.24, 2.45) is 0 Å². The molecule has 0 aromatic heterocycles. The van der Waals surface area contributed by atoms with Gasteiger partial charge >= 0.3 is 0 Å². The topological polar surface area (TPSA) is 0 Å². The van der Waals surface area contributed by atoms with E-state index < -0.39 is 0 Å². The van der Waals surface area contributed by atoms with Crippen LogP contribution >= 0.6 is 48.0 Å². The van der Waals surface area contributed by atoms with Crippen LogP contribution < -0.4 is 0 Å². The molecule has 1 rings (SSSR count). The van der Waals surface area contributed by atoms with Crippen LogP contribution in [0, 0.1) is 0 Å². The second kappa shape index (κ2) is 3.15. The van der Waals surface area contributed by atoms with Gasteiger partial charge in [-0.1, -0.05) is 24.4 Å². The van der Waals surface area contributed by atoms with Gasteiger partial charge in [-0.25, -0.2) is 0 Å². The van der Waals surface area contributed by atoms with Crippen molar-refractivity contribution in [2.75, 3.05) is 11.5 Å². The maximum atomic E-state index is 4.93. The van der Waals surface area contributed by atoms with E-state index in [1.54, 1.807) is 23.5 Å². The molecule has 0 atom stereocenters. The monoisotopic (exact) mass is 180 g/mol. The largest absolute Gasteiger partial charge is 0.112 e. The van der Waals surface area contributed by atoms with Gasteiger partial charge in [0.1, 0.15) is 0 Å². The van der Waals surface area contributed by atoms with Crippen LogP contribution in [-0.2, 0) is 0 Å². The van der Waals surface area contributed by atoms with Crippen LogP contribution in [0.3, 0.4) is 0 Å². The highest BCUT2D eigenvalue weighted by Gasteiger charge is 2.10. The minimum absolute atomic E-state index is 0.913. The van der Waals surface area contributed by atoms with Gasteiger partial charge in [-0.2, -0.15) is 0 Å². The highest BCUT2D eigenvalue weighted by molar-refractivity contribution is 8.39. The first-order chi connectivity index (χ1) is 3.80. The van der Waals surface area contributed by atoms with E-state index in [-0.39, 0.29) is 0 Å². The first-order valence-electron chi connectivity index (χ1n) is 2.14. The Kier molecular flexibility index (Phi) is 2.75. The Morgan fingerprint density at radius 2 is 1.38 bits per heavy atom. The Balaban J connectivity index is 2.52. The molecule has 0 unspecified atom stereocenters. The molecular formula is C4H4S4. The summed E-state index contributed by atoms with van der Waals surface area (Å²) in [6, 6.07) is 0. The molecule has 0 N–H and O–H groups in total. The summed E-state index contributed by atoms with van der Waals surface area (Å²) in [6.07, 6.45) is 0. The number of thioether (sulfide) groups is 2. The summed E-state index contributed by atoms with van der Waals surface area (Å²) >= 11 is 13.2. The molecule has 1 saturated heterocycles. The normalized spacial score (nSPS) is 21.5. The predicted octanol–water partition coefficient (Wildman–Crippen LogP) is 2.12. The summed E-state index contributed by atoms with van der Waals surface area (Å²) < 4.78 is 1.83. The van der Waals surface area contributed by atoms with Gasteiger partial charge < -0.3 is 0 Å². The van der Waals surface area contributed by atoms with Gasteiger partial charge in [0.05, 0.1) is 8.39 Å². The lowest BCUT2D eigenvalue weighted by Crippen LogP contribution is -2.08. The van der Waals surface area contributed by atoms with E-state index in [4.69, 9.17) is 24.4 Å². The molecule has 1 aliphatic rings. The van der Waals surface area contributed by atoms with Gasteiger partial charge in [-0.05, 0) is 0 Å². The molecule has 0 amide bonds. The van der Waals surface area contributed by atoms with Gasteiger partial charge in [0, 0.05) is 11.5 Å². The first kappa shape index (κ1) is 6.99. The van der Waals surface area contributed by atoms with Crippen LogP contribution in [0.4, 0.5) is 0 Å². The van der Waals surface area contributed by atoms with Gasteiger partial charge in [0.15, 0.2) is 0 Å². The Morgan fingerprint density at radius 3 is 1.62 bits per heavy atom. The third kappa shape index (κ3) is 1.69. The van der Waals surface area contributed by atoms with Crippen molar-refractivity contribution in [1.29, 1.82) is 0 Å². The summed E-state index contributed by atoms with van der Waals surface area (Å²) in [5, 5.41) is 0. The smallest absolute Gasteiger partial charge is 0.0951 e. The quantitative estimate of drug-likeness (QED) is 0.523. The molecule has 44 valence electrons. The number of hydrogen-bond acceptors (Lipinski definition) is 4. The second-order valence-electron chi connectivity index (χ2n) is 1.27. The third-order valence-corrected chi connectivity index (χ3v) is 4.36. The molecule has 0 radical (unpaired) electrons. The minimum atomic E-state index is 0.913. The van der Waals surface area contributed by atoms with Crippen LogP contribution in [-0.4, -0.2) is 19.9 Å². The molecule has 0 nitrogen and oxygen atoms in total. The van der Waals surface area contributed by atoms with Crippen LogP contribution in [0.2, 0.25) is 0 Å². The van der Waals surface area contributed by atoms with Crippen LogP contribution in [0.25, 0.3) is 0 Å². The van der Waals surface area contributed by atoms with E-state index in [0.717, 1.165) is 19.9 Å². The van der Waals surface area contributed by atoms with Crippen molar-refractivity contribution in [2.45, 2.75) is 0 Å². The van der Waals surface area contributed by atoms with Crippen molar-refractivity contribution in [3.63, 3.8) is 0 Å². The summed E-state index contributed by atoms with van der Waals surface area (Å²) in [5.74, 6) is 2.26. The van der Waals surface area contributed by atoms with Crippen molar-refractivity contribution in [1.82, 2.24) is 0 Å². The maximum absolute atomic E-state index is 4.93. The fraction of sp³-hybridized carbons (Fsp3) is 0.500.